The largest absolute Gasteiger partial charge is 0.497 e. The molecule has 186 valence electrons. The van der Waals surface area contributed by atoms with Crippen LogP contribution in [0.25, 0.3) is 0 Å². The van der Waals surface area contributed by atoms with Crippen LogP contribution in [-0.2, 0) is 16.8 Å². The van der Waals surface area contributed by atoms with Gasteiger partial charge in [-0.2, -0.15) is 0 Å². The minimum Gasteiger partial charge on any atom is -0.497 e. The van der Waals surface area contributed by atoms with Crippen LogP contribution >= 0.6 is 0 Å². The lowest BCUT2D eigenvalue weighted by molar-refractivity contribution is -0.145. The molecule has 1 aromatic heterocycles. The molecule has 0 bridgehead atoms. The van der Waals surface area contributed by atoms with Crippen LogP contribution in [0.5, 0.6) is 23.3 Å². The third-order valence-corrected chi connectivity index (χ3v) is 6.00. The zero-order valence-electron chi connectivity index (χ0n) is 19.9. The Labute approximate surface area is 208 Å². The lowest BCUT2D eigenvalue weighted by Crippen LogP contribution is -2.28. The van der Waals surface area contributed by atoms with Crippen molar-refractivity contribution in [2.24, 2.45) is 0 Å². The molecule has 0 aliphatic heterocycles. The average molecular weight is 490 g/mol. The predicted molar refractivity (Wildman–Crippen MR) is 132 cm³/mol. The van der Waals surface area contributed by atoms with Crippen LogP contribution in [0.4, 0.5) is 0 Å². The van der Waals surface area contributed by atoms with E-state index in [1.807, 2.05) is 48.5 Å². The number of nitrogens with zero attached hydrogens (tertiary/aromatic N) is 1. The van der Waals surface area contributed by atoms with Gasteiger partial charge < -0.3 is 29.6 Å². The third kappa shape index (κ3) is 4.99. The number of hydrogen-bond acceptors (Lipinski definition) is 7. The Morgan fingerprint density at radius 1 is 0.722 bits per heavy atom. The minimum absolute atomic E-state index is 0.0254. The molecule has 0 aliphatic rings. The molecule has 4 rings (SSSR count). The summed E-state index contributed by atoms with van der Waals surface area (Å²) in [6, 6.07) is 24.2. The Balaban J connectivity index is 1.56. The normalized spacial score (nSPS) is 11.2. The summed E-state index contributed by atoms with van der Waals surface area (Å²) >= 11 is 0. The van der Waals surface area contributed by atoms with Crippen molar-refractivity contribution in [3.05, 3.63) is 107 Å². The molecule has 0 aliphatic carbocycles. The molecule has 0 radical (unpaired) electrons. The van der Waals surface area contributed by atoms with Gasteiger partial charge in [-0.05, 0) is 52.9 Å². The van der Waals surface area contributed by atoms with Gasteiger partial charge in [-0.25, -0.2) is 4.79 Å². The number of benzene rings is 3. The van der Waals surface area contributed by atoms with E-state index in [-0.39, 0.29) is 18.2 Å². The molecule has 0 spiro atoms. The van der Waals surface area contributed by atoms with Crippen molar-refractivity contribution in [3.63, 3.8) is 0 Å². The second kappa shape index (κ2) is 10.5. The van der Waals surface area contributed by atoms with Crippen molar-refractivity contribution in [1.29, 1.82) is 0 Å². The van der Waals surface area contributed by atoms with Crippen molar-refractivity contribution in [1.82, 2.24) is 4.73 Å². The lowest BCUT2D eigenvalue weighted by Gasteiger charge is -2.30. The van der Waals surface area contributed by atoms with E-state index < -0.39 is 11.6 Å². The number of aryl methyl sites for hydroxylation is 1. The Bertz CT molecular complexity index is 1240. The number of carbonyl (C=O) groups excluding carboxylic acids is 1. The molecule has 0 saturated carbocycles. The summed E-state index contributed by atoms with van der Waals surface area (Å²) in [7, 11) is 3.17. The van der Waals surface area contributed by atoms with Gasteiger partial charge in [0.2, 0.25) is 11.8 Å². The van der Waals surface area contributed by atoms with Gasteiger partial charge in [0, 0.05) is 12.1 Å². The molecule has 4 aromatic rings. The maximum absolute atomic E-state index is 12.2. The average Bonchev–Trinajstić information content (AvgIpc) is 3.24. The molecular weight excluding hydrogens is 462 g/mol. The molecule has 0 fully saturated rings. The van der Waals surface area contributed by atoms with E-state index in [4.69, 9.17) is 14.3 Å². The van der Waals surface area contributed by atoms with Gasteiger partial charge in [-0.3, -0.25) is 0 Å². The highest BCUT2D eigenvalue weighted by molar-refractivity contribution is 5.70. The van der Waals surface area contributed by atoms with Gasteiger partial charge in [0.15, 0.2) is 0 Å². The first-order chi connectivity index (χ1) is 17.3. The molecule has 0 atom stereocenters. The van der Waals surface area contributed by atoms with E-state index in [0.717, 1.165) is 5.56 Å². The van der Waals surface area contributed by atoms with Crippen molar-refractivity contribution >= 4 is 5.97 Å². The molecule has 0 amide bonds. The topological polar surface area (TPSA) is 110 Å². The van der Waals surface area contributed by atoms with Crippen LogP contribution in [-0.4, -0.2) is 40.2 Å². The summed E-state index contributed by atoms with van der Waals surface area (Å²) < 4.78 is 11.2. The summed E-state index contributed by atoms with van der Waals surface area (Å²) in [4.78, 5) is 17.1. The second-order valence-electron chi connectivity index (χ2n) is 8.17. The van der Waals surface area contributed by atoms with Gasteiger partial charge in [-0.15, -0.1) is 4.73 Å². The molecule has 3 aromatic carbocycles. The monoisotopic (exact) mass is 489 g/mol. The maximum Gasteiger partial charge on any atom is 0.333 e. The van der Waals surface area contributed by atoms with Crippen molar-refractivity contribution < 1.29 is 34.4 Å². The number of rotatable bonds is 9. The van der Waals surface area contributed by atoms with E-state index in [9.17, 15) is 20.1 Å². The lowest BCUT2D eigenvalue weighted by atomic mass is 9.80. The maximum atomic E-state index is 12.2. The van der Waals surface area contributed by atoms with Crippen LogP contribution in [0.3, 0.4) is 0 Å². The minimum atomic E-state index is -1.44. The van der Waals surface area contributed by atoms with Gasteiger partial charge >= 0.3 is 5.97 Å². The van der Waals surface area contributed by atoms with Crippen molar-refractivity contribution in [2.75, 3.05) is 14.2 Å². The second-order valence-corrected chi connectivity index (χ2v) is 8.17. The molecular formula is C28H27NO7. The van der Waals surface area contributed by atoms with Crippen LogP contribution in [0, 0.1) is 0 Å². The fraction of sp³-hybridized carbons (Fsp3) is 0.179. The summed E-state index contributed by atoms with van der Waals surface area (Å²) in [5, 5.41) is 31.3. The molecule has 3 N–H and O–H groups in total. The first kappa shape index (κ1) is 24.7. The molecule has 36 heavy (non-hydrogen) atoms. The Morgan fingerprint density at radius 2 is 1.14 bits per heavy atom. The fourth-order valence-corrected chi connectivity index (χ4v) is 3.97. The van der Waals surface area contributed by atoms with E-state index in [1.165, 1.54) is 12.1 Å². The Morgan fingerprint density at radius 3 is 1.56 bits per heavy atom. The quantitative estimate of drug-likeness (QED) is 0.307. The van der Waals surface area contributed by atoms with Crippen LogP contribution in [0.2, 0.25) is 0 Å². The highest BCUT2D eigenvalue weighted by Crippen LogP contribution is 2.38. The molecule has 8 nitrogen and oxygen atoms in total. The number of ether oxygens (including phenoxy) is 2. The number of aliphatic hydroxyl groups is 1. The highest BCUT2D eigenvalue weighted by atomic mass is 16.7. The number of aromatic nitrogens is 1. The SMILES string of the molecule is COc1ccc(C(O)(c2ccc(CCC(=O)On3c(O)ccc3O)cc2)c2ccc(OC)cc2)cc1. The van der Waals surface area contributed by atoms with Crippen LogP contribution in [0.1, 0.15) is 28.7 Å². The van der Waals surface area contributed by atoms with Crippen LogP contribution in [0.15, 0.2) is 84.9 Å². The zero-order chi connectivity index (χ0) is 25.7. The first-order valence-corrected chi connectivity index (χ1v) is 11.3. The first-order valence-electron chi connectivity index (χ1n) is 11.3. The number of aromatic hydroxyl groups is 2. The van der Waals surface area contributed by atoms with Crippen molar-refractivity contribution in [2.45, 2.75) is 18.4 Å². The smallest absolute Gasteiger partial charge is 0.333 e. The third-order valence-electron chi connectivity index (χ3n) is 6.00. The zero-order valence-corrected chi connectivity index (χ0v) is 19.9. The summed E-state index contributed by atoms with van der Waals surface area (Å²) in [6.07, 6.45) is 0.392. The standard InChI is InChI=1S/C28H27NO7/c1-34-23-12-8-21(9-13-23)28(33,22-10-14-24(35-2)15-11-22)20-6-3-19(4-7-20)5-18-27(32)36-29-25(30)16-17-26(29)31/h3-4,6-17,30-31,33H,5,18H2,1-2H3. The van der Waals surface area contributed by atoms with E-state index in [2.05, 4.69) is 0 Å². The fourth-order valence-electron chi connectivity index (χ4n) is 3.97. The van der Waals surface area contributed by atoms with Gasteiger partial charge in [0.05, 0.1) is 20.6 Å². The summed E-state index contributed by atoms with van der Waals surface area (Å²) in [5.74, 6) is -0.00354. The molecule has 0 unspecified atom stereocenters. The Hall–Kier alpha value is -4.43. The van der Waals surface area contributed by atoms with Gasteiger partial charge in [0.25, 0.3) is 0 Å². The van der Waals surface area contributed by atoms with Crippen molar-refractivity contribution in [3.8, 4) is 23.3 Å². The van der Waals surface area contributed by atoms with E-state index >= 15 is 0 Å². The Kier molecular flexibility index (Phi) is 7.17. The number of methoxy groups -OCH3 is 2. The number of carbonyl (C=O) groups is 1. The summed E-state index contributed by atoms with van der Waals surface area (Å²) in [6.45, 7) is 0. The summed E-state index contributed by atoms with van der Waals surface area (Å²) in [5.41, 5.74) is 1.38. The van der Waals surface area contributed by atoms with E-state index in [0.29, 0.717) is 39.3 Å². The predicted octanol–water partition coefficient (Wildman–Crippen LogP) is 3.79. The van der Waals surface area contributed by atoms with Gasteiger partial charge in [-0.1, -0.05) is 48.5 Å². The van der Waals surface area contributed by atoms with Crippen LogP contribution < -0.4 is 14.3 Å². The van der Waals surface area contributed by atoms with Gasteiger partial charge in [0.1, 0.15) is 17.1 Å². The van der Waals surface area contributed by atoms with E-state index in [1.54, 1.807) is 38.5 Å². The molecule has 1 heterocycles. The highest BCUT2D eigenvalue weighted by Gasteiger charge is 2.34. The molecule has 8 heteroatoms. The molecule has 0 saturated heterocycles. The number of hydrogen-bond donors (Lipinski definition) is 3.